The molecule has 6 nitrogen and oxygen atoms in total. The third-order valence-electron chi connectivity index (χ3n) is 4.14. The van der Waals surface area contributed by atoms with E-state index >= 15 is 0 Å². The summed E-state index contributed by atoms with van der Waals surface area (Å²) in [6.07, 6.45) is 0. The van der Waals surface area contributed by atoms with Gasteiger partial charge in [-0.2, -0.15) is 5.10 Å². The van der Waals surface area contributed by atoms with Crippen molar-refractivity contribution in [1.29, 1.82) is 0 Å². The quantitative estimate of drug-likeness (QED) is 0.882. The number of carboxylic acids is 1. The van der Waals surface area contributed by atoms with Gasteiger partial charge in [0.25, 0.3) is 5.91 Å². The fraction of sp³-hybridized carbons (Fsp3) is 0.389. The molecule has 0 saturated carbocycles. The van der Waals surface area contributed by atoms with Crippen LogP contribution in [0.5, 0.6) is 0 Å². The number of aromatic nitrogens is 2. The van der Waals surface area contributed by atoms with Crippen molar-refractivity contribution in [2.75, 3.05) is 5.32 Å². The standard InChI is InChI=1S/C18H23N3O3/c1-11(2)15-10-14(20-21(15)5)16(22)19-13-8-6-12(7-9-13)18(3,4)17(23)24/h6-11H,1-5H3,(H,19,22)(H,23,24). The smallest absolute Gasteiger partial charge is 0.313 e. The Kier molecular flexibility index (Phi) is 4.78. The van der Waals surface area contributed by atoms with E-state index in [1.54, 1.807) is 48.9 Å². The summed E-state index contributed by atoms with van der Waals surface area (Å²) in [5.41, 5.74) is 1.64. The van der Waals surface area contributed by atoms with E-state index in [1.807, 2.05) is 20.9 Å². The lowest BCUT2D eigenvalue weighted by molar-refractivity contribution is -0.142. The average Bonchev–Trinajstić information content (AvgIpc) is 2.90. The van der Waals surface area contributed by atoms with Crippen LogP contribution in [0.25, 0.3) is 0 Å². The number of carboxylic acid groups (broad SMARTS) is 1. The minimum Gasteiger partial charge on any atom is -0.481 e. The molecule has 0 unspecified atom stereocenters. The van der Waals surface area contributed by atoms with Gasteiger partial charge in [0.2, 0.25) is 0 Å². The van der Waals surface area contributed by atoms with Crippen LogP contribution in [0.1, 0.15) is 55.4 Å². The second-order valence-corrected chi connectivity index (χ2v) is 6.69. The Morgan fingerprint density at radius 3 is 2.25 bits per heavy atom. The van der Waals surface area contributed by atoms with Crippen LogP contribution in [0.15, 0.2) is 30.3 Å². The number of nitrogens with one attached hydrogen (secondary N) is 1. The first-order chi connectivity index (χ1) is 11.1. The van der Waals surface area contributed by atoms with E-state index in [1.165, 1.54) is 0 Å². The highest BCUT2D eigenvalue weighted by Gasteiger charge is 2.29. The molecule has 0 saturated heterocycles. The number of aryl methyl sites for hydroxylation is 1. The molecular weight excluding hydrogens is 306 g/mol. The van der Waals surface area contributed by atoms with Crippen LogP contribution >= 0.6 is 0 Å². The lowest BCUT2D eigenvalue weighted by Gasteiger charge is -2.19. The molecular formula is C18H23N3O3. The maximum absolute atomic E-state index is 12.3. The Balaban J connectivity index is 2.15. The molecule has 0 spiro atoms. The first-order valence-corrected chi connectivity index (χ1v) is 7.82. The summed E-state index contributed by atoms with van der Waals surface area (Å²) in [6.45, 7) is 7.37. The van der Waals surface area contributed by atoms with Gasteiger partial charge in [-0.3, -0.25) is 14.3 Å². The van der Waals surface area contributed by atoms with Gasteiger partial charge in [0.05, 0.1) is 5.41 Å². The largest absolute Gasteiger partial charge is 0.481 e. The Morgan fingerprint density at radius 1 is 1.21 bits per heavy atom. The van der Waals surface area contributed by atoms with Crippen LogP contribution in [-0.2, 0) is 17.3 Å². The molecule has 0 bridgehead atoms. The minimum absolute atomic E-state index is 0.279. The van der Waals surface area contributed by atoms with Crippen molar-refractivity contribution < 1.29 is 14.7 Å². The van der Waals surface area contributed by atoms with Crippen LogP contribution in [-0.4, -0.2) is 26.8 Å². The molecule has 128 valence electrons. The van der Waals surface area contributed by atoms with Crippen LogP contribution in [0.4, 0.5) is 5.69 Å². The van der Waals surface area contributed by atoms with E-state index in [0.717, 1.165) is 5.69 Å². The van der Waals surface area contributed by atoms with Gasteiger partial charge >= 0.3 is 5.97 Å². The molecule has 0 aliphatic heterocycles. The summed E-state index contributed by atoms with van der Waals surface area (Å²) < 4.78 is 1.71. The van der Waals surface area contributed by atoms with Gasteiger partial charge in [-0.15, -0.1) is 0 Å². The van der Waals surface area contributed by atoms with Gasteiger partial charge in [0.1, 0.15) is 0 Å². The van der Waals surface area contributed by atoms with E-state index in [2.05, 4.69) is 10.4 Å². The number of hydrogen-bond donors (Lipinski definition) is 2. The molecule has 2 rings (SSSR count). The zero-order chi connectivity index (χ0) is 18.1. The molecule has 1 aromatic heterocycles. The number of anilines is 1. The molecule has 0 radical (unpaired) electrons. The second-order valence-electron chi connectivity index (χ2n) is 6.69. The molecule has 0 aliphatic rings. The maximum Gasteiger partial charge on any atom is 0.313 e. The highest BCUT2D eigenvalue weighted by Crippen LogP contribution is 2.25. The number of carbonyl (C=O) groups excluding carboxylic acids is 1. The van der Waals surface area contributed by atoms with E-state index < -0.39 is 11.4 Å². The predicted octanol–water partition coefficient (Wildman–Crippen LogP) is 3.16. The van der Waals surface area contributed by atoms with Crippen LogP contribution in [0.2, 0.25) is 0 Å². The van der Waals surface area contributed by atoms with Crippen molar-refractivity contribution in [2.45, 2.75) is 39.0 Å². The van der Waals surface area contributed by atoms with Crippen molar-refractivity contribution in [3.63, 3.8) is 0 Å². The van der Waals surface area contributed by atoms with Gasteiger partial charge in [0, 0.05) is 18.4 Å². The topological polar surface area (TPSA) is 84.2 Å². The number of aliphatic carboxylic acids is 1. The maximum atomic E-state index is 12.3. The first kappa shape index (κ1) is 17.7. The molecule has 24 heavy (non-hydrogen) atoms. The molecule has 2 aromatic rings. The fourth-order valence-corrected chi connectivity index (χ4v) is 2.42. The third-order valence-corrected chi connectivity index (χ3v) is 4.14. The summed E-state index contributed by atoms with van der Waals surface area (Å²) in [5.74, 6) is -0.904. The van der Waals surface area contributed by atoms with E-state index in [0.29, 0.717) is 16.9 Å². The molecule has 1 heterocycles. The Morgan fingerprint density at radius 2 is 1.79 bits per heavy atom. The summed E-state index contributed by atoms with van der Waals surface area (Å²) >= 11 is 0. The zero-order valence-electron chi connectivity index (χ0n) is 14.6. The Bertz CT molecular complexity index is 758. The lowest BCUT2D eigenvalue weighted by Crippen LogP contribution is -2.28. The first-order valence-electron chi connectivity index (χ1n) is 7.82. The van der Waals surface area contributed by atoms with Gasteiger partial charge in [0.15, 0.2) is 5.69 Å². The molecule has 6 heteroatoms. The molecule has 0 atom stereocenters. The van der Waals surface area contributed by atoms with Crippen molar-refractivity contribution in [1.82, 2.24) is 9.78 Å². The molecule has 0 aliphatic carbocycles. The normalized spacial score (nSPS) is 11.6. The number of nitrogens with zero attached hydrogens (tertiary/aromatic N) is 2. The van der Waals surface area contributed by atoms with E-state index in [9.17, 15) is 14.7 Å². The number of rotatable bonds is 5. The monoisotopic (exact) mass is 329 g/mol. The van der Waals surface area contributed by atoms with Crippen molar-refractivity contribution in [2.24, 2.45) is 7.05 Å². The van der Waals surface area contributed by atoms with Crippen LogP contribution in [0, 0.1) is 0 Å². The van der Waals surface area contributed by atoms with Gasteiger partial charge in [-0.1, -0.05) is 26.0 Å². The minimum atomic E-state index is -0.976. The SMILES string of the molecule is CC(C)c1cc(C(=O)Nc2ccc(C(C)(C)C(=O)O)cc2)nn1C. The van der Waals surface area contributed by atoms with Gasteiger partial charge < -0.3 is 10.4 Å². The lowest BCUT2D eigenvalue weighted by atomic mass is 9.85. The number of hydrogen-bond acceptors (Lipinski definition) is 3. The average molecular weight is 329 g/mol. The molecule has 1 amide bonds. The second kappa shape index (κ2) is 6.47. The predicted molar refractivity (Wildman–Crippen MR) is 92.4 cm³/mol. The van der Waals surface area contributed by atoms with Crippen molar-refractivity contribution in [3.8, 4) is 0 Å². The highest BCUT2D eigenvalue weighted by molar-refractivity contribution is 6.03. The summed E-state index contributed by atoms with van der Waals surface area (Å²) in [4.78, 5) is 23.6. The van der Waals surface area contributed by atoms with Crippen molar-refractivity contribution in [3.05, 3.63) is 47.3 Å². The van der Waals surface area contributed by atoms with Gasteiger partial charge in [-0.25, -0.2) is 0 Å². The Hall–Kier alpha value is -2.63. The van der Waals surface area contributed by atoms with E-state index in [4.69, 9.17) is 0 Å². The number of benzene rings is 1. The Labute approximate surface area is 141 Å². The molecule has 1 aromatic carbocycles. The van der Waals surface area contributed by atoms with E-state index in [-0.39, 0.29) is 11.8 Å². The zero-order valence-corrected chi connectivity index (χ0v) is 14.6. The van der Waals surface area contributed by atoms with Crippen LogP contribution < -0.4 is 5.32 Å². The van der Waals surface area contributed by atoms with Crippen molar-refractivity contribution >= 4 is 17.6 Å². The number of carbonyl (C=O) groups is 2. The summed E-state index contributed by atoms with van der Waals surface area (Å²) in [7, 11) is 1.81. The molecule has 2 N–H and O–H groups in total. The third kappa shape index (κ3) is 3.48. The highest BCUT2D eigenvalue weighted by atomic mass is 16.4. The fourth-order valence-electron chi connectivity index (χ4n) is 2.42. The van der Waals surface area contributed by atoms with Gasteiger partial charge in [-0.05, 0) is 43.5 Å². The van der Waals surface area contributed by atoms with Crippen LogP contribution in [0.3, 0.4) is 0 Å². The summed E-state index contributed by atoms with van der Waals surface area (Å²) in [6, 6.07) is 8.60. The number of amides is 1. The summed E-state index contributed by atoms with van der Waals surface area (Å²) in [5, 5.41) is 16.3. The molecule has 0 fully saturated rings.